The van der Waals surface area contributed by atoms with Crippen molar-refractivity contribution >= 4 is 57.0 Å². The first-order chi connectivity index (χ1) is 11.8. The van der Waals surface area contributed by atoms with Crippen LogP contribution in [0.4, 0.5) is 0 Å². The van der Waals surface area contributed by atoms with Crippen molar-refractivity contribution in [3.05, 3.63) is 0 Å². The molecule has 0 heterocycles. The summed E-state index contributed by atoms with van der Waals surface area (Å²) in [6.07, 6.45) is 17.0. The highest BCUT2D eigenvalue weighted by atomic mass is 127. The first-order valence-electron chi connectivity index (χ1n) is 9.44. The fourth-order valence-corrected chi connectivity index (χ4v) is 4.51. The van der Waals surface area contributed by atoms with E-state index < -0.39 is 0 Å². The summed E-state index contributed by atoms with van der Waals surface area (Å²) in [6, 6.07) is 0. The minimum absolute atomic E-state index is 0.0684. The molecule has 0 saturated heterocycles. The Kier molecular flexibility index (Phi) is 25.4. The lowest BCUT2D eigenvalue weighted by Gasteiger charge is -2.10. The molecule has 3 nitrogen and oxygen atoms in total. The summed E-state index contributed by atoms with van der Waals surface area (Å²) in [4.78, 5) is 0. The molecule has 24 heavy (non-hydrogen) atoms. The quantitative estimate of drug-likeness (QED) is 0.0879. The topological polar surface area (TPSA) is 38.7 Å². The zero-order chi connectivity index (χ0) is 17.7. The van der Waals surface area contributed by atoms with Crippen molar-refractivity contribution < 1.29 is 14.2 Å². The highest BCUT2D eigenvalue weighted by Gasteiger charge is 2.03. The molecule has 0 amide bonds. The van der Waals surface area contributed by atoms with E-state index in [-0.39, 0.29) is 6.10 Å². The summed E-state index contributed by atoms with van der Waals surface area (Å²) >= 11 is 4.54. The van der Waals surface area contributed by atoms with Crippen LogP contribution in [0.2, 0.25) is 0 Å². The van der Waals surface area contributed by atoms with Gasteiger partial charge in [-0.2, -0.15) is 0 Å². The van der Waals surface area contributed by atoms with Crippen molar-refractivity contribution in [2.24, 2.45) is 0 Å². The highest BCUT2D eigenvalue weighted by Crippen LogP contribution is 2.23. The van der Waals surface area contributed by atoms with Crippen LogP contribution in [-0.4, -0.2) is 24.4 Å². The Morgan fingerprint density at radius 1 is 0.583 bits per heavy atom. The Hall–Kier alpha value is 2.20. The summed E-state index contributed by atoms with van der Waals surface area (Å²) in [5.74, 6) is 0. The maximum absolute atomic E-state index is 10.0. The van der Waals surface area contributed by atoms with Gasteiger partial charge >= 0.3 is 0 Å². The van der Waals surface area contributed by atoms with Crippen molar-refractivity contribution in [2.45, 2.75) is 96.0 Å². The fraction of sp³-hybridized carbons (Fsp3) is 1.00. The average molecular weight is 604 g/mol. The van der Waals surface area contributed by atoms with Crippen LogP contribution in [0.25, 0.3) is 0 Å². The van der Waals surface area contributed by atoms with Gasteiger partial charge in [0.1, 0.15) is 0 Å². The summed E-state index contributed by atoms with van der Waals surface area (Å²) in [5.41, 5.74) is 0. The van der Waals surface area contributed by atoms with Crippen LogP contribution in [0.15, 0.2) is 0 Å². The maximum atomic E-state index is 10.0. The van der Waals surface area contributed by atoms with Gasteiger partial charge in [-0.25, -0.2) is 0 Å². The lowest BCUT2D eigenvalue weighted by atomic mass is 10.0. The zero-order valence-electron chi connectivity index (χ0n) is 14.9. The molecule has 2 unspecified atom stereocenters. The van der Waals surface area contributed by atoms with Gasteiger partial charge in [-0.15, -0.1) is 0 Å². The van der Waals surface area contributed by atoms with Crippen LogP contribution in [0.5, 0.6) is 0 Å². The van der Waals surface area contributed by atoms with Gasteiger partial charge in [0.25, 0.3) is 0 Å². The van der Waals surface area contributed by atoms with E-state index in [4.69, 9.17) is 9.05 Å². The molecule has 0 bridgehead atoms. The van der Waals surface area contributed by atoms with E-state index in [1.165, 1.54) is 77.0 Å². The van der Waals surface area contributed by atoms with Gasteiger partial charge < -0.3 is 14.2 Å². The Morgan fingerprint density at radius 3 is 1.29 bits per heavy atom. The Morgan fingerprint density at radius 2 is 0.917 bits per heavy atom. The van der Waals surface area contributed by atoms with Crippen molar-refractivity contribution in [3.8, 4) is 0 Å². The minimum atomic E-state index is -0.0684. The smallest absolute Gasteiger partial charge is 0.0793 e. The fourth-order valence-electron chi connectivity index (χ4n) is 2.74. The largest absolute Gasteiger partial charge is 0.393 e. The molecule has 0 aromatic rings. The molecule has 0 aliphatic carbocycles. The summed E-state index contributed by atoms with van der Waals surface area (Å²) in [6.45, 7) is 3.05. The minimum Gasteiger partial charge on any atom is -0.393 e. The van der Waals surface area contributed by atoms with Gasteiger partial charge in [-0.3, -0.25) is 0 Å². The van der Waals surface area contributed by atoms with Gasteiger partial charge in [0.2, 0.25) is 0 Å². The third kappa shape index (κ3) is 22.2. The van der Waals surface area contributed by atoms with E-state index >= 15 is 0 Å². The highest BCUT2D eigenvalue weighted by molar-refractivity contribution is 14.2. The zero-order valence-corrected chi connectivity index (χ0v) is 21.2. The molecule has 0 aliphatic rings. The van der Waals surface area contributed by atoms with Crippen LogP contribution in [0.1, 0.15) is 89.9 Å². The van der Waals surface area contributed by atoms with E-state index in [1.54, 1.807) is 0 Å². The van der Waals surface area contributed by atoms with Crippen molar-refractivity contribution in [3.63, 3.8) is 0 Å². The van der Waals surface area contributed by atoms with Gasteiger partial charge in [0.05, 0.1) is 32.2 Å². The second kappa shape index (κ2) is 23.2. The molecule has 0 saturated carbocycles. The van der Waals surface area contributed by atoms with Gasteiger partial charge in [0.15, 0.2) is 0 Å². The first-order valence-corrected chi connectivity index (χ1v) is 17.5. The number of aliphatic hydroxyl groups excluding tert-OH is 1. The summed E-state index contributed by atoms with van der Waals surface area (Å²) in [5, 5.41) is 10.0. The molecule has 2 atom stereocenters. The number of aliphatic hydroxyl groups is 1. The van der Waals surface area contributed by atoms with Crippen molar-refractivity contribution in [2.75, 3.05) is 13.2 Å². The molecular formula is C17H36I2O3P2. The third-order valence-electron chi connectivity index (χ3n) is 4.18. The first kappa shape index (κ1) is 26.2. The van der Waals surface area contributed by atoms with Crippen LogP contribution in [-0.2, 0) is 9.05 Å². The summed E-state index contributed by atoms with van der Waals surface area (Å²) in [7, 11) is 0. The summed E-state index contributed by atoms with van der Waals surface area (Å²) < 4.78 is 10.7. The number of rotatable bonds is 20. The predicted molar refractivity (Wildman–Crippen MR) is 127 cm³/mol. The monoisotopic (exact) mass is 604 g/mol. The SMILES string of the molecule is OC(CCCCCCCCOPI)CCCCCCCCOPI. The van der Waals surface area contributed by atoms with E-state index in [9.17, 15) is 5.11 Å². The van der Waals surface area contributed by atoms with Crippen LogP contribution in [0.3, 0.4) is 0 Å². The lowest BCUT2D eigenvalue weighted by molar-refractivity contribution is 0.147. The Labute approximate surface area is 179 Å². The van der Waals surface area contributed by atoms with E-state index in [0.29, 0.717) is 12.9 Å². The van der Waals surface area contributed by atoms with Crippen LogP contribution in [0, 0.1) is 0 Å². The number of hydrogen-bond donors (Lipinski definition) is 1. The van der Waals surface area contributed by atoms with Gasteiger partial charge in [-0.05, 0) is 69.8 Å². The molecule has 0 radical (unpaired) electrons. The Balaban J connectivity index is 3.12. The van der Waals surface area contributed by atoms with Crippen LogP contribution >= 0.6 is 57.0 Å². The Bertz CT molecular complexity index is 218. The van der Waals surface area contributed by atoms with Crippen molar-refractivity contribution in [1.29, 1.82) is 0 Å². The number of unbranched alkanes of at least 4 members (excludes halogenated alkanes) is 10. The van der Waals surface area contributed by atoms with Gasteiger partial charge in [-0.1, -0.05) is 64.2 Å². The molecule has 0 aromatic carbocycles. The lowest BCUT2D eigenvalue weighted by Crippen LogP contribution is -2.05. The standard InChI is InChI=1S/C17H36I2O3P2/c18-23-21-15-11-7-3-1-5-9-13-17(20)14-10-6-2-4-8-12-16-22-24-19/h17,20,23-24H,1-16H2. The van der Waals surface area contributed by atoms with Gasteiger partial charge in [0, 0.05) is 0 Å². The second-order valence-corrected chi connectivity index (χ2v) is 9.85. The average Bonchev–Trinajstić information content (AvgIpc) is 2.59. The number of halogens is 2. The number of hydrogen-bond acceptors (Lipinski definition) is 3. The molecule has 0 rings (SSSR count). The molecule has 1 N–H and O–H groups in total. The van der Waals surface area contributed by atoms with Crippen molar-refractivity contribution in [1.82, 2.24) is 0 Å². The molecule has 0 fully saturated rings. The van der Waals surface area contributed by atoms with E-state index in [2.05, 4.69) is 44.1 Å². The van der Waals surface area contributed by atoms with Crippen LogP contribution < -0.4 is 0 Å². The molecule has 146 valence electrons. The van der Waals surface area contributed by atoms with E-state index in [0.717, 1.165) is 26.1 Å². The molecule has 0 aliphatic heterocycles. The predicted octanol–water partition coefficient (Wildman–Crippen LogP) is 7.73. The molecule has 0 aromatic heterocycles. The molecule has 0 spiro atoms. The normalized spacial score (nSPS) is 13.6. The maximum Gasteiger partial charge on any atom is 0.0793 e. The third-order valence-corrected chi connectivity index (χ3v) is 6.67. The second-order valence-electron chi connectivity index (χ2n) is 6.33. The molecule has 7 heteroatoms. The van der Waals surface area contributed by atoms with E-state index in [1.807, 2.05) is 0 Å². The molecular weight excluding hydrogens is 568 g/mol.